The van der Waals surface area contributed by atoms with Crippen molar-refractivity contribution in [3.63, 3.8) is 0 Å². The lowest BCUT2D eigenvalue weighted by atomic mass is 9.79. The topological polar surface area (TPSA) is 114 Å². The van der Waals surface area contributed by atoms with Gasteiger partial charge in [-0.3, -0.25) is 10.00 Å². The molecule has 10 heteroatoms. The van der Waals surface area contributed by atoms with E-state index < -0.39 is 11.5 Å². The van der Waals surface area contributed by atoms with E-state index in [9.17, 15) is 9.18 Å². The van der Waals surface area contributed by atoms with Crippen molar-refractivity contribution in [2.75, 3.05) is 13.2 Å². The third-order valence-corrected chi connectivity index (χ3v) is 7.36. The maximum atomic E-state index is 12.5. The molecule has 0 amide bonds. The number of hydrogen-bond acceptors (Lipinski definition) is 6. The summed E-state index contributed by atoms with van der Waals surface area (Å²) in [5, 5.41) is 9.33. The minimum absolute atomic E-state index is 0.224. The maximum absolute atomic E-state index is 12.5. The van der Waals surface area contributed by atoms with Crippen molar-refractivity contribution in [1.29, 1.82) is 0 Å². The second-order valence-electron chi connectivity index (χ2n) is 9.95. The molecule has 9 nitrogen and oxygen atoms in total. The van der Waals surface area contributed by atoms with Crippen molar-refractivity contribution >= 4 is 16.9 Å². The van der Waals surface area contributed by atoms with Crippen LogP contribution in [0.4, 0.5) is 4.39 Å². The zero-order chi connectivity index (χ0) is 29.1. The molecule has 1 aliphatic rings. The quantitative estimate of drug-likeness (QED) is 0.251. The summed E-state index contributed by atoms with van der Waals surface area (Å²) in [4.78, 5) is 27.6. The van der Waals surface area contributed by atoms with Gasteiger partial charge in [-0.25, -0.2) is 19.2 Å². The largest absolute Gasteiger partial charge is 0.461 e. The molecule has 6 aromatic rings. The van der Waals surface area contributed by atoms with Gasteiger partial charge in [-0.1, -0.05) is 24.3 Å². The molecule has 4 aromatic heterocycles. The predicted octanol–water partition coefficient (Wildman–Crippen LogP) is 5.13. The summed E-state index contributed by atoms with van der Waals surface area (Å²) in [6.07, 6.45) is 8.05. The molecule has 0 bridgehead atoms. The number of H-pyrrole nitrogens is 2. The fourth-order valence-electron chi connectivity index (χ4n) is 5.48. The number of fused-ring (bicyclic) bond motifs is 3. The number of halogens is 1. The van der Waals surface area contributed by atoms with Gasteiger partial charge in [0.1, 0.15) is 17.1 Å². The van der Waals surface area contributed by atoms with Crippen LogP contribution < -0.4 is 5.32 Å². The summed E-state index contributed by atoms with van der Waals surface area (Å²) < 4.78 is 19.5. The highest BCUT2D eigenvalue weighted by Gasteiger charge is 2.44. The highest BCUT2D eigenvalue weighted by atomic mass is 19.1. The number of ether oxygens (including phenoxy) is 1. The molecule has 1 atom stereocenters. The molecular formula is C32H30FN7O2. The molecule has 2 aromatic carbocycles. The zero-order valence-corrected chi connectivity index (χ0v) is 23.3. The molecule has 0 spiro atoms. The van der Waals surface area contributed by atoms with Gasteiger partial charge in [-0.2, -0.15) is 5.10 Å². The van der Waals surface area contributed by atoms with E-state index in [0.29, 0.717) is 12.3 Å². The SMILES string of the molecule is CCOC(=O)c1cccc(C2(c3cnn(C)c3)NCCc3c2[nH]c2ccccc32)n1.Fc1ccc(-c2cnc[nH]2)cc1. The molecule has 5 heterocycles. The van der Waals surface area contributed by atoms with Gasteiger partial charge >= 0.3 is 5.97 Å². The summed E-state index contributed by atoms with van der Waals surface area (Å²) in [6.45, 7) is 2.87. The second-order valence-corrected chi connectivity index (χ2v) is 9.95. The standard InChI is InChI=1S/C23H23N5O2.C9H7FN2/c1-3-30-22(29)19-9-6-10-20(26-19)23(15-13-25-28(2)14-15)21-17(11-12-24-23)16-7-4-5-8-18(16)27-21;10-8-3-1-7(2-4-8)9-5-11-6-12-9/h4-10,13-14,24,27H,3,11-12H2,1-2H3;1-6H,(H,11,12). The first-order valence-electron chi connectivity index (χ1n) is 13.7. The van der Waals surface area contributed by atoms with E-state index in [1.54, 1.807) is 42.3 Å². The summed E-state index contributed by atoms with van der Waals surface area (Å²) in [5.41, 5.74) is 6.46. The number of aromatic nitrogens is 6. The third-order valence-electron chi connectivity index (χ3n) is 7.36. The lowest BCUT2D eigenvalue weighted by Gasteiger charge is -2.37. The first-order chi connectivity index (χ1) is 20.5. The van der Waals surface area contributed by atoms with Crippen LogP contribution in [-0.2, 0) is 23.7 Å². The number of carbonyl (C=O) groups is 1. The number of aryl methyl sites for hydroxylation is 1. The van der Waals surface area contributed by atoms with Gasteiger partial charge in [-0.05, 0) is 66.9 Å². The molecular weight excluding hydrogens is 533 g/mol. The Balaban J connectivity index is 0.000000219. The van der Waals surface area contributed by atoms with Crippen molar-refractivity contribution in [3.05, 3.63) is 126 Å². The van der Waals surface area contributed by atoms with E-state index in [1.165, 1.54) is 23.1 Å². The number of pyridine rings is 1. The molecule has 212 valence electrons. The van der Waals surface area contributed by atoms with Crippen LogP contribution in [-0.4, -0.2) is 48.8 Å². The van der Waals surface area contributed by atoms with E-state index in [2.05, 4.69) is 43.6 Å². The van der Waals surface area contributed by atoms with Crippen LogP contribution in [0.25, 0.3) is 22.2 Å². The maximum Gasteiger partial charge on any atom is 0.356 e. The van der Waals surface area contributed by atoms with Crippen LogP contribution in [0.1, 0.15) is 39.9 Å². The number of nitrogens with zero attached hydrogens (tertiary/aromatic N) is 4. The minimum atomic E-state index is -0.747. The Morgan fingerprint density at radius 2 is 1.90 bits per heavy atom. The van der Waals surface area contributed by atoms with Crippen LogP contribution in [0, 0.1) is 5.82 Å². The average Bonchev–Trinajstić information content (AvgIpc) is 3.79. The summed E-state index contributed by atoms with van der Waals surface area (Å²) in [5.74, 6) is -0.647. The number of benzene rings is 2. The monoisotopic (exact) mass is 563 g/mol. The van der Waals surface area contributed by atoms with Gasteiger partial charge in [0.25, 0.3) is 0 Å². The van der Waals surface area contributed by atoms with Crippen LogP contribution in [0.15, 0.2) is 91.6 Å². The molecule has 0 saturated carbocycles. The fourth-order valence-corrected chi connectivity index (χ4v) is 5.48. The Labute approximate surface area is 241 Å². The van der Waals surface area contributed by atoms with Gasteiger partial charge in [-0.15, -0.1) is 0 Å². The molecule has 0 fully saturated rings. The van der Waals surface area contributed by atoms with Crippen molar-refractivity contribution in [1.82, 2.24) is 35.0 Å². The van der Waals surface area contributed by atoms with Crippen molar-refractivity contribution in [2.24, 2.45) is 7.05 Å². The first-order valence-corrected chi connectivity index (χ1v) is 13.7. The van der Waals surface area contributed by atoms with Crippen molar-refractivity contribution < 1.29 is 13.9 Å². The molecule has 1 aliphatic heterocycles. The second kappa shape index (κ2) is 11.4. The van der Waals surface area contributed by atoms with Crippen LogP contribution in [0.2, 0.25) is 0 Å². The number of imidazole rings is 1. The fraction of sp³-hybridized carbons (Fsp3) is 0.188. The lowest BCUT2D eigenvalue weighted by molar-refractivity contribution is 0.0519. The Hall–Kier alpha value is -5.09. The van der Waals surface area contributed by atoms with Crippen molar-refractivity contribution in [3.8, 4) is 11.3 Å². The van der Waals surface area contributed by atoms with Gasteiger partial charge in [0.2, 0.25) is 0 Å². The minimum Gasteiger partial charge on any atom is -0.461 e. The molecule has 7 rings (SSSR count). The number of nitrogens with one attached hydrogen (secondary N) is 3. The van der Waals surface area contributed by atoms with Crippen LogP contribution >= 0.6 is 0 Å². The van der Waals surface area contributed by atoms with Crippen molar-refractivity contribution in [2.45, 2.75) is 18.9 Å². The lowest BCUT2D eigenvalue weighted by Crippen LogP contribution is -2.49. The van der Waals surface area contributed by atoms with E-state index in [-0.39, 0.29) is 5.82 Å². The number of esters is 1. The number of carbonyl (C=O) groups excluding carboxylic acids is 1. The Bertz CT molecular complexity index is 1830. The van der Waals surface area contributed by atoms with E-state index in [4.69, 9.17) is 9.72 Å². The number of aromatic amines is 2. The molecule has 0 aliphatic carbocycles. The number of rotatable bonds is 5. The third kappa shape index (κ3) is 4.97. The Kier molecular flexibility index (Phi) is 7.37. The van der Waals surface area contributed by atoms with Crippen LogP contribution in [0.5, 0.6) is 0 Å². The van der Waals surface area contributed by atoms with E-state index in [0.717, 1.165) is 46.7 Å². The highest BCUT2D eigenvalue weighted by molar-refractivity contribution is 5.88. The zero-order valence-electron chi connectivity index (χ0n) is 23.3. The number of hydrogen-bond donors (Lipinski definition) is 3. The van der Waals surface area contributed by atoms with Gasteiger partial charge in [0, 0.05) is 36.3 Å². The Morgan fingerprint density at radius 1 is 1.07 bits per heavy atom. The van der Waals surface area contributed by atoms with E-state index in [1.807, 2.05) is 37.6 Å². The van der Waals surface area contributed by atoms with Crippen LogP contribution in [0.3, 0.4) is 0 Å². The summed E-state index contributed by atoms with van der Waals surface area (Å²) in [6, 6.07) is 20.1. The predicted molar refractivity (Wildman–Crippen MR) is 157 cm³/mol. The number of para-hydroxylation sites is 1. The smallest absolute Gasteiger partial charge is 0.356 e. The Morgan fingerprint density at radius 3 is 2.64 bits per heavy atom. The van der Waals surface area contributed by atoms with Gasteiger partial charge in [0.15, 0.2) is 0 Å². The molecule has 3 N–H and O–H groups in total. The first kappa shape index (κ1) is 27.1. The summed E-state index contributed by atoms with van der Waals surface area (Å²) >= 11 is 0. The van der Waals surface area contributed by atoms with E-state index >= 15 is 0 Å². The summed E-state index contributed by atoms with van der Waals surface area (Å²) in [7, 11) is 1.90. The normalized spacial score (nSPS) is 16.0. The van der Waals surface area contributed by atoms with Gasteiger partial charge < -0.3 is 14.7 Å². The van der Waals surface area contributed by atoms with Gasteiger partial charge in [0.05, 0.1) is 42.4 Å². The molecule has 42 heavy (non-hydrogen) atoms. The average molecular weight is 564 g/mol. The molecule has 1 unspecified atom stereocenters. The molecule has 0 saturated heterocycles. The molecule has 0 radical (unpaired) electrons. The highest BCUT2D eigenvalue weighted by Crippen LogP contribution is 2.42.